The molecule has 1 aliphatic heterocycles. The predicted molar refractivity (Wildman–Crippen MR) is 88.4 cm³/mol. The highest BCUT2D eigenvalue weighted by Crippen LogP contribution is 2.13. The van der Waals surface area contributed by atoms with Crippen molar-refractivity contribution in [2.45, 2.75) is 6.04 Å². The summed E-state index contributed by atoms with van der Waals surface area (Å²) in [5, 5.41) is 3.45. The number of hydrogen-bond donors (Lipinski definition) is 2. The highest BCUT2D eigenvalue weighted by atomic mass is 16.3. The Morgan fingerprint density at radius 3 is 2.54 bits per heavy atom. The molecule has 1 aromatic carbocycles. The number of carbonyl (C=O) groups excluding carboxylic acids is 4. The summed E-state index contributed by atoms with van der Waals surface area (Å²) in [6.45, 7) is 0.170. The molecule has 1 radical (unpaired) electrons. The van der Waals surface area contributed by atoms with Crippen molar-refractivity contribution in [3.05, 3.63) is 60.1 Å². The maximum Gasteiger partial charge on any atom is 0.346 e. The van der Waals surface area contributed by atoms with Crippen LogP contribution in [0, 0.1) is 0 Å². The second-order valence-electron chi connectivity index (χ2n) is 5.42. The smallest absolute Gasteiger partial charge is 0.346 e. The number of benzene rings is 1. The fourth-order valence-corrected chi connectivity index (χ4v) is 2.44. The molecule has 1 saturated heterocycles. The number of rotatable bonds is 5. The molecular formula is C17H15N4O5. The third-order valence-corrected chi connectivity index (χ3v) is 3.75. The molecule has 1 aromatic heterocycles. The topological polar surface area (TPSA) is 112 Å². The average molecular weight is 355 g/mol. The van der Waals surface area contributed by atoms with Crippen molar-refractivity contribution in [2.75, 3.05) is 13.1 Å². The van der Waals surface area contributed by atoms with Crippen LogP contribution in [0.25, 0.3) is 0 Å². The zero-order valence-corrected chi connectivity index (χ0v) is 13.5. The fraction of sp³-hybridized carbons (Fsp3) is 0.176. The maximum absolute atomic E-state index is 12.3. The van der Waals surface area contributed by atoms with Crippen LogP contribution >= 0.6 is 0 Å². The Hall–Kier alpha value is -3.62. The molecule has 1 fully saturated rings. The van der Waals surface area contributed by atoms with E-state index in [1.807, 2.05) is 0 Å². The minimum atomic E-state index is -0.997. The molecule has 0 bridgehead atoms. The van der Waals surface area contributed by atoms with Crippen molar-refractivity contribution in [3.8, 4) is 0 Å². The molecule has 5 amide bonds. The molecule has 26 heavy (non-hydrogen) atoms. The Morgan fingerprint density at radius 1 is 1.12 bits per heavy atom. The first-order chi connectivity index (χ1) is 12.6. The lowest BCUT2D eigenvalue weighted by Crippen LogP contribution is -2.48. The van der Waals surface area contributed by atoms with Gasteiger partial charge in [0, 0.05) is 0 Å². The van der Waals surface area contributed by atoms with Crippen LogP contribution in [-0.4, -0.2) is 47.3 Å². The van der Waals surface area contributed by atoms with Gasteiger partial charge in [-0.1, -0.05) is 30.3 Å². The van der Waals surface area contributed by atoms with Gasteiger partial charge in [0.2, 0.25) is 6.29 Å². The number of hydrazine groups is 1. The number of amides is 5. The van der Waals surface area contributed by atoms with Gasteiger partial charge in [-0.05, 0) is 17.7 Å². The summed E-state index contributed by atoms with van der Waals surface area (Å²) in [6.07, 6.45) is 3.07. The highest BCUT2D eigenvalue weighted by Gasteiger charge is 2.35. The van der Waals surface area contributed by atoms with Gasteiger partial charge >= 0.3 is 18.0 Å². The lowest BCUT2D eigenvalue weighted by molar-refractivity contribution is 0.0818. The number of furan rings is 1. The van der Waals surface area contributed by atoms with E-state index in [2.05, 4.69) is 10.7 Å². The summed E-state index contributed by atoms with van der Waals surface area (Å²) in [5.74, 6) is -0.561. The normalized spacial score (nSPS) is 14.8. The standard InChI is InChI=1S/C17H15N4O5/c22-11-13(12-5-2-1-3-6-12)18-16(24)20-8-9-21(17(20)25)19-15(23)14-7-4-10-26-14/h1-7,10,13H,8-9H2,(H,18,24)(H,19,23). The van der Waals surface area contributed by atoms with Crippen LogP contribution in [0.2, 0.25) is 0 Å². The third-order valence-electron chi connectivity index (χ3n) is 3.75. The molecule has 1 aliphatic rings. The predicted octanol–water partition coefficient (Wildman–Crippen LogP) is 1.22. The van der Waals surface area contributed by atoms with Crippen LogP contribution in [-0.2, 0) is 4.79 Å². The Morgan fingerprint density at radius 2 is 1.88 bits per heavy atom. The van der Waals surface area contributed by atoms with Gasteiger partial charge in [-0.25, -0.2) is 19.5 Å². The summed E-state index contributed by atoms with van der Waals surface area (Å²) in [6, 6.07) is 9.08. The lowest BCUT2D eigenvalue weighted by Gasteiger charge is -2.20. The second-order valence-corrected chi connectivity index (χ2v) is 5.42. The SMILES string of the molecule is O=[C]C(NC(=O)N1CCN(NC(=O)c2ccco2)C1=O)c1ccccc1. The van der Waals surface area contributed by atoms with Crippen molar-refractivity contribution in [1.82, 2.24) is 20.7 Å². The summed E-state index contributed by atoms with van der Waals surface area (Å²) in [7, 11) is 0. The van der Waals surface area contributed by atoms with Crippen molar-refractivity contribution in [2.24, 2.45) is 0 Å². The van der Waals surface area contributed by atoms with E-state index in [0.29, 0.717) is 5.56 Å². The lowest BCUT2D eigenvalue weighted by atomic mass is 10.1. The van der Waals surface area contributed by atoms with Crippen molar-refractivity contribution in [1.29, 1.82) is 0 Å². The molecule has 3 rings (SSSR count). The summed E-state index contributed by atoms with van der Waals surface area (Å²) in [5.41, 5.74) is 2.91. The summed E-state index contributed by atoms with van der Waals surface area (Å²) < 4.78 is 4.95. The van der Waals surface area contributed by atoms with E-state index < -0.39 is 24.0 Å². The minimum Gasteiger partial charge on any atom is -0.459 e. The van der Waals surface area contributed by atoms with Crippen molar-refractivity contribution < 1.29 is 23.6 Å². The fourth-order valence-electron chi connectivity index (χ4n) is 2.44. The van der Waals surface area contributed by atoms with E-state index in [4.69, 9.17) is 4.42 Å². The maximum atomic E-state index is 12.3. The zero-order valence-electron chi connectivity index (χ0n) is 13.5. The molecule has 0 aliphatic carbocycles. The molecule has 2 N–H and O–H groups in total. The van der Waals surface area contributed by atoms with E-state index >= 15 is 0 Å². The van der Waals surface area contributed by atoms with E-state index in [1.165, 1.54) is 12.3 Å². The average Bonchev–Trinajstić information content (AvgIpc) is 3.31. The van der Waals surface area contributed by atoms with Crippen LogP contribution < -0.4 is 10.7 Å². The number of nitrogens with one attached hydrogen (secondary N) is 2. The largest absolute Gasteiger partial charge is 0.459 e. The van der Waals surface area contributed by atoms with Crippen molar-refractivity contribution in [3.63, 3.8) is 0 Å². The number of urea groups is 2. The van der Waals surface area contributed by atoms with Gasteiger partial charge in [-0.2, -0.15) is 0 Å². The van der Waals surface area contributed by atoms with Gasteiger partial charge in [0.1, 0.15) is 6.04 Å². The molecule has 0 saturated carbocycles. The Labute approximate surface area is 148 Å². The van der Waals surface area contributed by atoms with Crippen LogP contribution in [0.15, 0.2) is 53.1 Å². The number of nitrogens with zero attached hydrogens (tertiary/aromatic N) is 2. The molecule has 2 aromatic rings. The van der Waals surface area contributed by atoms with Crippen LogP contribution in [0.3, 0.4) is 0 Å². The number of hydrogen-bond acceptors (Lipinski definition) is 5. The Balaban J connectivity index is 1.61. The molecule has 1 atom stereocenters. The monoisotopic (exact) mass is 355 g/mol. The van der Waals surface area contributed by atoms with E-state index in [0.717, 1.165) is 9.91 Å². The van der Waals surface area contributed by atoms with Gasteiger partial charge in [-0.15, -0.1) is 0 Å². The zero-order chi connectivity index (χ0) is 18.5. The van der Waals surface area contributed by atoms with E-state index in [1.54, 1.807) is 42.7 Å². The van der Waals surface area contributed by atoms with Gasteiger partial charge in [0.25, 0.3) is 0 Å². The molecule has 0 spiro atoms. The van der Waals surface area contributed by atoms with E-state index in [-0.39, 0.29) is 18.8 Å². The number of carbonyl (C=O) groups is 3. The molecule has 1 unspecified atom stereocenters. The minimum absolute atomic E-state index is 0.0420. The summed E-state index contributed by atoms with van der Waals surface area (Å²) >= 11 is 0. The van der Waals surface area contributed by atoms with Crippen molar-refractivity contribution >= 4 is 24.3 Å². The molecule has 133 valence electrons. The quantitative estimate of drug-likeness (QED) is 0.838. The van der Waals surface area contributed by atoms with Crippen LogP contribution in [0.4, 0.5) is 9.59 Å². The first-order valence-electron chi connectivity index (χ1n) is 7.77. The van der Waals surface area contributed by atoms with Gasteiger partial charge in [-0.3, -0.25) is 15.0 Å². The van der Waals surface area contributed by atoms with Gasteiger partial charge < -0.3 is 9.73 Å². The Kier molecular flexibility index (Phi) is 4.97. The summed E-state index contributed by atoms with van der Waals surface area (Å²) in [4.78, 5) is 48.6. The highest BCUT2D eigenvalue weighted by molar-refractivity contribution is 5.98. The molecule has 2 heterocycles. The Bertz CT molecular complexity index is 806. The molecular weight excluding hydrogens is 340 g/mol. The van der Waals surface area contributed by atoms with Crippen LogP contribution in [0.5, 0.6) is 0 Å². The first-order valence-corrected chi connectivity index (χ1v) is 7.77. The first kappa shape index (κ1) is 17.2. The molecule has 9 heteroatoms. The van der Waals surface area contributed by atoms with E-state index in [9.17, 15) is 19.2 Å². The van der Waals surface area contributed by atoms with Gasteiger partial charge in [0.05, 0.1) is 19.4 Å². The number of imide groups is 1. The van der Waals surface area contributed by atoms with Crippen LogP contribution in [0.1, 0.15) is 22.2 Å². The third kappa shape index (κ3) is 3.56. The van der Waals surface area contributed by atoms with Gasteiger partial charge in [0.15, 0.2) is 5.76 Å². The molecule has 9 nitrogen and oxygen atoms in total. The second kappa shape index (κ2) is 7.51.